The quantitative estimate of drug-likeness (QED) is 0.803. The van der Waals surface area contributed by atoms with Crippen molar-refractivity contribution in [2.45, 2.75) is 31.7 Å². The molecule has 0 unspecified atom stereocenters. The van der Waals surface area contributed by atoms with Crippen LogP contribution in [0.3, 0.4) is 0 Å². The number of nitrogens with zero attached hydrogens (tertiary/aromatic N) is 1. The number of hydrogen-bond acceptors (Lipinski definition) is 3. The summed E-state index contributed by atoms with van der Waals surface area (Å²) in [5.41, 5.74) is 0.478. The van der Waals surface area contributed by atoms with Gasteiger partial charge in [0.15, 0.2) is 0 Å². The van der Waals surface area contributed by atoms with Crippen molar-refractivity contribution in [3.05, 3.63) is 30.1 Å². The number of carbonyl (C=O) groups is 1. The lowest BCUT2D eigenvalue weighted by atomic mass is 9.91. The molecule has 2 rings (SSSR count). The molecule has 0 aliphatic heterocycles. The Morgan fingerprint density at radius 3 is 2.85 bits per heavy atom. The Morgan fingerprint density at radius 2 is 2.25 bits per heavy atom. The summed E-state index contributed by atoms with van der Waals surface area (Å²) in [6, 6.07) is 6.33. The Hall–Kier alpha value is -1.46. The van der Waals surface area contributed by atoms with Gasteiger partial charge >= 0.3 is 0 Å². The topological polar surface area (TPSA) is 52.6 Å². The van der Waals surface area contributed by atoms with Crippen LogP contribution < -0.4 is 5.32 Å². The van der Waals surface area contributed by atoms with Gasteiger partial charge in [-0.1, -0.05) is 12.5 Å². The van der Waals surface area contributed by atoms with Crippen molar-refractivity contribution in [3.63, 3.8) is 0 Å². The van der Waals surface area contributed by atoms with Crippen molar-refractivity contribution < 1.29 is 14.3 Å². The normalized spacial score (nSPS) is 15.2. The van der Waals surface area contributed by atoms with Crippen LogP contribution in [0, 0.1) is 5.82 Å². The second kappa shape index (κ2) is 7.36. The number of carbonyl (C=O) groups excluding carboxylic acids is 1. The summed E-state index contributed by atoms with van der Waals surface area (Å²) >= 11 is 0. The predicted octanol–water partition coefficient (Wildman–Crippen LogP) is 2.00. The van der Waals surface area contributed by atoms with Crippen molar-refractivity contribution >= 4 is 11.6 Å². The van der Waals surface area contributed by atoms with Gasteiger partial charge in [-0.25, -0.2) is 4.39 Å². The summed E-state index contributed by atoms with van der Waals surface area (Å²) in [7, 11) is 0. The van der Waals surface area contributed by atoms with Gasteiger partial charge in [0.25, 0.3) is 0 Å². The Kier molecular flexibility index (Phi) is 5.49. The van der Waals surface area contributed by atoms with E-state index in [1.165, 1.54) is 18.6 Å². The van der Waals surface area contributed by atoms with Crippen LogP contribution in [0.15, 0.2) is 24.3 Å². The van der Waals surface area contributed by atoms with Crippen LogP contribution in [-0.4, -0.2) is 41.7 Å². The minimum atomic E-state index is -0.362. The molecule has 0 spiro atoms. The monoisotopic (exact) mass is 280 g/mol. The molecule has 0 atom stereocenters. The number of aliphatic hydroxyl groups is 1. The average molecular weight is 280 g/mol. The van der Waals surface area contributed by atoms with E-state index in [9.17, 15) is 9.18 Å². The van der Waals surface area contributed by atoms with Gasteiger partial charge in [0.1, 0.15) is 5.82 Å². The second-order valence-corrected chi connectivity index (χ2v) is 5.19. The fraction of sp³-hybridized carbons (Fsp3) is 0.533. The molecular weight excluding hydrogens is 259 g/mol. The van der Waals surface area contributed by atoms with E-state index in [-0.39, 0.29) is 18.3 Å². The van der Waals surface area contributed by atoms with Gasteiger partial charge in [-0.2, -0.15) is 0 Å². The first-order chi connectivity index (χ1) is 9.69. The summed E-state index contributed by atoms with van der Waals surface area (Å²) in [6.07, 6.45) is 4.09. The molecule has 1 saturated carbocycles. The molecule has 1 fully saturated rings. The van der Waals surface area contributed by atoms with Gasteiger partial charge in [-0.3, -0.25) is 9.69 Å². The molecule has 0 aromatic heterocycles. The van der Waals surface area contributed by atoms with Crippen LogP contribution >= 0.6 is 0 Å². The number of aliphatic hydroxyl groups excluding tert-OH is 1. The summed E-state index contributed by atoms with van der Waals surface area (Å²) in [4.78, 5) is 14.1. The lowest BCUT2D eigenvalue weighted by Gasteiger charge is -2.37. The van der Waals surface area contributed by atoms with E-state index >= 15 is 0 Å². The SMILES string of the molecule is O=C(CN(CCCO)C1CCC1)Nc1cccc(F)c1. The molecule has 5 heteroatoms. The van der Waals surface area contributed by atoms with Gasteiger partial charge in [-0.05, 0) is 37.5 Å². The Labute approximate surface area is 118 Å². The van der Waals surface area contributed by atoms with Crippen LogP contribution in [0.4, 0.5) is 10.1 Å². The molecule has 2 N–H and O–H groups in total. The van der Waals surface area contributed by atoms with Gasteiger partial charge in [0.2, 0.25) is 5.91 Å². The van der Waals surface area contributed by atoms with E-state index in [1.807, 2.05) is 0 Å². The number of anilines is 1. The zero-order valence-electron chi connectivity index (χ0n) is 11.5. The van der Waals surface area contributed by atoms with E-state index in [0.29, 0.717) is 24.7 Å². The van der Waals surface area contributed by atoms with Crippen molar-refractivity contribution in [2.24, 2.45) is 0 Å². The number of amides is 1. The zero-order valence-corrected chi connectivity index (χ0v) is 11.5. The van der Waals surface area contributed by atoms with E-state index in [4.69, 9.17) is 5.11 Å². The molecule has 110 valence electrons. The van der Waals surface area contributed by atoms with E-state index < -0.39 is 0 Å². The molecule has 20 heavy (non-hydrogen) atoms. The average Bonchev–Trinajstić information content (AvgIpc) is 2.33. The molecule has 1 aromatic rings. The highest BCUT2D eigenvalue weighted by Gasteiger charge is 2.25. The molecule has 1 aromatic carbocycles. The largest absolute Gasteiger partial charge is 0.396 e. The Morgan fingerprint density at radius 1 is 1.45 bits per heavy atom. The van der Waals surface area contributed by atoms with Crippen molar-refractivity contribution in [1.82, 2.24) is 4.90 Å². The molecule has 0 bridgehead atoms. The number of hydrogen-bond donors (Lipinski definition) is 2. The number of nitrogens with one attached hydrogen (secondary N) is 1. The molecule has 0 radical (unpaired) electrons. The molecule has 1 amide bonds. The minimum absolute atomic E-state index is 0.134. The maximum Gasteiger partial charge on any atom is 0.238 e. The Balaban J connectivity index is 1.87. The van der Waals surface area contributed by atoms with E-state index in [2.05, 4.69) is 10.2 Å². The van der Waals surface area contributed by atoms with Crippen molar-refractivity contribution in [3.8, 4) is 0 Å². The number of halogens is 1. The van der Waals surface area contributed by atoms with Crippen molar-refractivity contribution in [1.29, 1.82) is 0 Å². The van der Waals surface area contributed by atoms with Gasteiger partial charge in [0.05, 0.1) is 6.54 Å². The summed E-state index contributed by atoms with van der Waals surface area (Å²) in [5.74, 6) is -0.501. The first-order valence-electron chi connectivity index (χ1n) is 7.09. The van der Waals surface area contributed by atoms with Crippen LogP contribution in [0.1, 0.15) is 25.7 Å². The van der Waals surface area contributed by atoms with Crippen LogP contribution in [0.5, 0.6) is 0 Å². The third kappa shape index (κ3) is 4.28. The maximum atomic E-state index is 13.0. The molecule has 1 aliphatic rings. The number of benzene rings is 1. The minimum Gasteiger partial charge on any atom is -0.396 e. The molecule has 0 heterocycles. The molecule has 1 aliphatic carbocycles. The maximum absolute atomic E-state index is 13.0. The van der Waals surface area contributed by atoms with Gasteiger partial charge in [-0.15, -0.1) is 0 Å². The summed E-state index contributed by atoms with van der Waals surface area (Å²) in [6.45, 7) is 1.15. The Bertz CT molecular complexity index is 449. The first kappa shape index (κ1) is 14.9. The van der Waals surface area contributed by atoms with Gasteiger partial charge < -0.3 is 10.4 Å². The zero-order chi connectivity index (χ0) is 14.4. The fourth-order valence-electron chi connectivity index (χ4n) is 2.37. The molecular formula is C15H21FN2O2. The third-order valence-corrected chi connectivity index (χ3v) is 3.65. The highest BCUT2D eigenvalue weighted by atomic mass is 19.1. The van der Waals surface area contributed by atoms with E-state index in [0.717, 1.165) is 19.4 Å². The fourth-order valence-corrected chi connectivity index (χ4v) is 2.37. The van der Waals surface area contributed by atoms with E-state index in [1.54, 1.807) is 12.1 Å². The smallest absolute Gasteiger partial charge is 0.238 e. The third-order valence-electron chi connectivity index (χ3n) is 3.65. The standard InChI is InChI=1S/C15H21FN2O2/c16-12-4-1-5-13(10-12)17-15(20)11-18(8-3-9-19)14-6-2-7-14/h1,4-5,10,14,19H,2-3,6-9,11H2,(H,17,20). The second-order valence-electron chi connectivity index (χ2n) is 5.19. The van der Waals surface area contributed by atoms with Crippen LogP contribution in [0.2, 0.25) is 0 Å². The highest BCUT2D eigenvalue weighted by molar-refractivity contribution is 5.92. The summed E-state index contributed by atoms with van der Waals surface area (Å²) < 4.78 is 13.0. The molecule has 0 saturated heterocycles. The van der Waals surface area contributed by atoms with Crippen LogP contribution in [0.25, 0.3) is 0 Å². The highest BCUT2D eigenvalue weighted by Crippen LogP contribution is 2.24. The van der Waals surface area contributed by atoms with Crippen molar-refractivity contribution in [2.75, 3.05) is 25.0 Å². The molecule has 4 nitrogen and oxygen atoms in total. The predicted molar refractivity (Wildman–Crippen MR) is 75.9 cm³/mol. The summed E-state index contributed by atoms with van der Waals surface area (Å²) in [5, 5.41) is 11.6. The first-order valence-corrected chi connectivity index (χ1v) is 7.09. The van der Waals surface area contributed by atoms with Crippen LogP contribution in [-0.2, 0) is 4.79 Å². The van der Waals surface area contributed by atoms with Gasteiger partial charge in [0, 0.05) is 24.9 Å². The lowest BCUT2D eigenvalue weighted by molar-refractivity contribution is -0.118. The lowest BCUT2D eigenvalue weighted by Crippen LogP contribution is -2.45. The number of rotatable bonds is 7.